The standard InChI is InChI=1S/C19H14N4O3/c1-13-18(19(21-26-13)14-6-3-2-4-7-14)17-11-22(12-20-17)15-8-5-9-16(10-15)23(24)25/h2-12H,1H3. The first kappa shape index (κ1) is 15.8. The number of aromatic nitrogens is 3. The molecule has 4 rings (SSSR count). The first-order valence-electron chi connectivity index (χ1n) is 7.94. The second-order valence-corrected chi connectivity index (χ2v) is 5.77. The highest BCUT2D eigenvalue weighted by Crippen LogP contribution is 2.33. The minimum Gasteiger partial charge on any atom is -0.360 e. The molecule has 0 atom stereocenters. The van der Waals surface area contributed by atoms with Crippen molar-refractivity contribution in [1.82, 2.24) is 14.7 Å². The Labute approximate surface area is 148 Å². The van der Waals surface area contributed by atoms with Gasteiger partial charge in [0.05, 0.1) is 28.2 Å². The Morgan fingerprint density at radius 2 is 1.92 bits per heavy atom. The monoisotopic (exact) mass is 346 g/mol. The summed E-state index contributed by atoms with van der Waals surface area (Å²) >= 11 is 0. The summed E-state index contributed by atoms with van der Waals surface area (Å²) in [4.78, 5) is 15.0. The van der Waals surface area contributed by atoms with Crippen LogP contribution in [0.1, 0.15) is 5.76 Å². The van der Waals surface area contributed by atoms with Crippen LogP contribution >= 0.6 is 0 Å². The fourth-order valence-electron chi connectivity index (χ4n) is 2.83. The van der Waals surface area contributed by atoms with Gasteiger partial charge in [-0.2, -0.15) is 0 Å². The molecule has 128 valence electrons. The van der Waals surface area contributed by atoms with Crippen molar-refractivity contribution in [1.29, 1.82) is 0 Å². The summed E-state index contributed by atoms with van der Waals surface area (Å²) in [6.45, 7) is 1.83. The van der Waals surface area contributed by atoms with Gasteiger partial charge in [0.15, 0.2) is 0 Å². The zero-order chi connectivity index (χ0) is 18.1. The van der Waals surface area contributed by atoms with Crippen molar-refractivity contribution >= 4 is 5.69 Å². The van der Waals surface area contributed by atoms with Crippen LogP contribution < -0.4 is 0 Å². The van der Waals surface area contributed by atoms with E-state index in [1.807, 2.05) is 43.5 Å². The van der Waals surface area contributed by atoms with Crippen LogP contribution in [0.3, 0.4) is 0 Å². The molecule has 2 heterocycles. The summed E-state index contributed by atoms with van der Waals surface area (Å²) in [5, 5.41) is 15.2. The Hall–Kier alpha value is -3.74. The van der Waals surface area contributed by atoms with Gasteiger partial charge >= 0.3 is 0 Å². The average Bonchev–Trinajstić information content (AvgIpc) is 3.29. The van der Waals surface area contributed by atoms with Crippen LogP contribution in [0, 0.1) is 17.0 Å². The molecule has 0 fully saturated rings. The maximum atomic E-state index is 11.0. The van der Waals surface area contributed by atoms with Crippen LogP contribution in [-0.2, 0) is 0 Å². The second-order valence-electron chi connectivity index (χ2n) is 5.77. The van der Waals surface area contributed by atoms with Crippen LogP contribution in [0.15, 0.2) is 71.6 Å². The lowest BCUT2D eigenvalue weighted by molar-refractivity contribution is -0.384. The molecule has 26 heavy (non-hydrogen) atoms. The number of rotatable bonds is 4. The maximum absolute atomic E-state index is 11.0. The van der Waals surface area contributed by atoms with Crippen molar-refractivity contribution in [3.63, 3.8) is 0 Å². The van der Waals surface area contributed by atoms with E-state index in [4.69, 9.17) is 4.52 Å². The summed E-state index contributed by atoms with van der Waals surface area (Å²) in [7, 11) is 0. The molecule has 0 unspecified atom stereocenters. The normalized spacial score (nSPS) is 10.8. The van der Waals surface area contributed by atoms with Crippen LogP contribution in [0.5, 0.6) is 0 Å². The second kappa shape index (κ2) is 6.29. The van der Waals surface area contributed by atoms with E-state index in [1.54, 1.807) is 23.0 Å². The van der Waals surface area contributed by atoms with Gasteiger partial charge in [-0.25, -0.2) is 4.98 Å². The number of hydrogen-bond donors (Lipinski definition) is 0. The van der Waals surface area contributed by atoms with E-state index < -0.39 is 4.92 Å². The van der Waals surface area contributed by atoms with Gasteiger partial charge in [0.2, 0.25) is 0 Å². The number of imidazole rings is 1. The maximum Gasteiger partial charge on any atom is 0.271 e. The highest BCUT2D eigenvalue weighted by molar-refractivity contribution is 5.80. The van der Waals surface area contributed by atoms with Gasteiger partial charge < -0.3 is 9.09 Å². The third-order valence-electron chi connectivity index (χ3n) is 4.09. The molecule has 0 saturated heterocycles. The zero-order valence-electron chi connectivity index (χ0n) is 13.9. The number of nitrogens with zero attached hydrogens (tertiary/aromatic N) is 4. The molecule has 0 saturated carbocycles. The van der Waals surface area contributed by atoms with E-state index in [2.05, 4.69) is 10.1 Å². The Bertz CT molecular complexity index is 1080. The topological polar surface area (TPSA) is 87.0 Å². The minimum absolute atomic E-state index is 0.0314. The van der Waals surface area contributed by atoms with Crippen LogP contribution in [0.2, 0.25) is 0 Å². The van der Waals surface area contributed by atoms with E-state index in [0.717, 1.165) is 11.1 Å². The number of nitro groups is 1. The van der Waals surface area contributed by atoms with Crippen LogP contribution in [0.25, 0.3) is 28.2 Å². The number of nitro benzene ring substituents is 1. The third-order valence-corrected chi connectivity index (χ3v) is 4.09. The van der Waals surface area contributed by atoms with Gasteiger partial charge in [-0.1, -0.05) is 41.6 Å². The summed E-state index contributed by atoms with van der Waals surface area (Å²) in [6, 6.07) is 16.1. The zero-order valence-corrected chi connectivity index (χ0v) is 13.9. The first-order valence-corrected chi connectivity index (χ1v) is 7.94. The Balaban J connectivity index is 1.77. The van der Waals surface area contributed by atoms with E-state index in [9.17, 15) is 10.1 Å². The molecule has 0 aliphatic rings. The number of benzene rings is 2. The Morgan fingerprint density at radius 3 is 2.69 bits per heavy atom. The largest absolute Gasteiger partial charge is 0.360 e. The molecule has 0 aliphatic carbocycles. The SMILES string of the molecule is Cc1onc(-c2ccccc2)c1-c1cn(-c2cccc([N+](=O)[O-])c2)cn1. The molecule has 0 aliphatic heterocycles. The van der Waals surface area contributed by atoms with Gasteiger partial charge in [0.1, 0.15) is 11.5 Å². The predicted octanol–water partition coefficient (Wildman–Crippen LogP) is 4.41. The van der Waals surface area contributed by atoms with Crippen molar-refractivity contribution in [3.8, 4) is 28.2 Å². The Kier molecular flexibility index (Phi) is 3.81. The molecule has 7 heteroatoms. The Morgan fingerprint density at radius 1 is 1.12 bits per heavy atom. The highest BCUT2D eigenvalue weighted by Gasteiger charge is 2.19. The van der Waals surface area contributed by atoms with Crippen LogP contribution in [-0.4, -0.2) is 19.6 Å². The van der Waals surface area contributed by atoms with Crippen LogP contribution in [0.4, 0.5) is 5.69 Å². The number of non-ortho nitro benzene ring substituents is 1. The minimum atomic E-state index is -0.418. The van der Waals surface area contributed by atoms with Crippen molar-refractivity contribution in [2.45, 2.75) is 6.92 Å². The summed E-state index contributed by atoms with van der Waals surface area (Å²) in [5.74, 6) is 0.660. The molecule has 0 bridgehead atoms. The third kappa shape index (κ3) is 2.75. The molecule has 0 radical (unpaired) electrons. The fraction of sp³-hybridized carbons (Fsp3) is 0.0526. The van der Waals surface area contributed by atoms with E-state index in [1.165, 1.54) is 12.1 Å². The summed E-state index contributed by atoms with van der Waals surface area (Å²) < 4.78 is 7.12. The van der Waals surface area contributed by atoms with Gasteiger partial charge in [-0.3, -0.25) is 10.1 Å². The molecular weight excluding hydrogens is 332 g/mol. The average molecular weight is 346 g/mol. The quantitative estimate of drug-likeness (QED) is 0.403. The van der Waals surface area contributed by atoms with E-state index >= 15 is 0 Å². The lowest BCUT2D eigenvalue weighted by atomic mass is 10.0. The number of hydrogen-bond acceptors (Lipinski definition) is 5. The van der Waals surface area contributed by atoms with E-state index in [-0.39, 0.29) is 5.69 Å². The lowest BCUT2D eigenvalue weighted by Gasteiger charge is -2.02. The molecule has 4 aromatic rings. The van der Waals surface area contributed by atoms with Crippen molar-refractivity contribution in [3.05, 3.63) is 83.0 Å². The lowest BCUT2D eigenvalue weighted by Crippen LogP contribution is -1.93. The van der Waals surface area contributed by atoms with Crippen molar-refractivity contribution < 1.29 is 9.45 Å². The molecule has 7 nitrogen and oxygen atoms in total. The molecule has 2 aromatic heterocycles. The molecule has 2 aromatic carbocycles. The van der Waals surface area contributed by atoms with Gasteiger partial charge in [0.25, 0.3) is 5.69 Å². The molecule has 0 N–H and O–H groups in total. The first-order chi connectivity index (χ1) is 12.6. The highest BCUT2D eigenvalue weighted by atomic mass is 16.6. The summed E-state index contributed by atoms with van der Waals surface area (Å²) in [6.07, 6.45) is 3.43. The fourth-order valence-corrected chi connectivity index (χ4v) is 2.83. The van der Waals surface area contributed by atoms with Crippen molar-refractivity contribution in [2.24, 2.45) is 0 Å². The molecule has 0 amide bonds. The number of aryl methyl sites for hydroxylation is 1. The summed E-state index contributed by atoms with van der Waals surface area (Å²) in [5.41, 5.74) is 3.84. The van der Waals surface area contributed by atoms with Gasteiger partial charge in [-0.05, 0) is 13.0 Å². The van der Waals surface area contributed by atoms with Gasteiger partial charge in [-0.15, -0.1) is 0 Å². The molecular formula is C19H14N4O3. The molecule has 0 spiro atoms. The van der Waals surface area contributed by atoms with Gasteiger partial charge in [0, 0.05) is 23.9 Å². The smallest absolute Gasteiger partial charge is 0.271 e. The predicted molar refractivity (Wildman–Crippen MR) is 95.9 cm³/mol. The van der Waals surface area contributed by atoms with E-state index in [0.29, 0.717) is 22.8 Å². The van der Waals surface area contributed by atoms with Crippen molar-refractivity contribution in [2.75, 3.05) is 0 Å².